The Morgan fingerprint density at radius 2 is 1.82 bits per heavy atom. The van der Waals surface area contributed by atoms with Gasteiger partial charge in [-0.05, 0) is 62.9 Å². The third-order valence-electron chi connectivity index (χ3n) is 6.96. The zero-order valence-corrected chi connectivity index (χ0v) is 19.7. The number of likely N-dealkylation sites (tertiary alicyclic amines) is 1. The number of carbonyl (C=O) groups is 2. The molecule has 4 rings (SSSR count). The van der Waals surface area contributed by atoms with Gasteiger partial charge in [0.05, 0.1) is 17.9 Å². The number of anilines is 1. The summed E-state index contributed by atoms with van der Waals surface area (Å²) in [7, 11) is 1.85. The highest BCUT2D eigenvalue weighted by atomic mass is 16.5. The van der Waals surface area contributed by atoms with Crippen LogP contribution < -0.4 is 9.64 Å². The fraction of sp³-hybridized carbons (Fsp3) is 0.500. The molecule has 1 aromatic carbocycles. The third kappa shape index (κ3) is 5.03. The number of hydrogen-bond donors (Lipinski definition) is 0. The monoisotopic (exact) mass is 450 g/mol. The molecule has 0 radical (unpaired) electrons. The van der Waals surface area contributed by atoms with Crippen LogP contribution >= 0.6 is 0 Å². The lowest BCUT2D eigenvalue weighted by molar-refractivity contribution is -0.131. The molecule has 0 N–H and O–H groups in total. The van der Waals surface area contributed by atoms with E-state index in [1.165, 1.54) is 0 Å². The van der Waals surface area contributed by atoms with Crippen LogP contribution in [0.15, 0.2) is 48.7 Å². The predicted octanol–water partition coefficient (Wildman–Crippen LogP) is 3.49. The van der Waals surface area contributed by atoms with E-state index in [2.05, 4.69) is 9.88 Å². The van der Waals surface area contributed by atoms with E-state index in [-0.39, 0.29) is 11.8 Å². The maximum Gasteiger partial charge on any atom is 0.247 e. The number of pyridine rings is 1. The Hall–Kier alpha value is -2.93. The van der Waals surface area contributed by atoms with Crippen molar-refractivity contribution in [2.45, 2.75) is 51.1 Å². The number of fused-ring (bicyclic) bond motifs is 1. The number of likely N-dealkylation sites (N-methyl/N-ethyl adjacent to an activating group) is 1. The van der Waals surface area contributed by atoms with Gasteiger partial charge in [0.25, 0.3) is 0 Å². The van der Waals surface area contributed by atoms with Crippen LogP contribution in [-0.2, 0) is 16.1 Å². The number of para-hydroxylation sites is 2. The van der Waals surface area contributed by atoms with Crippen LogP contribution in [0.5, 0.6) is 5.75 Å². The van der Waals surface area contributed by atoms with Gasteiger partial charge in [-0.3, -0.25) is 19.5 Å². The number of hydrogen-bond acceptors (Lipinski definition) is 5. The van der Waals surface area contributed by atoms with Gasteiger partial charge in [0, 0.05) is 33.3 Å². The number of aromatic nitrogens is 1. The molecule has 1 saturated heterocycles. The highest BCUT2D eigenvalue weighted by Gasteiger charge is 2.48. The fourth-order valence-corrected chi connectivity index (χ4v) is 5.17. The zero-order valence-electron chi connectivity index (χ0n) is 19.7. The second kappa shape index (κ2) is 10.3. The molecule has 0 bridgehead atoms. The number of carbonyl (C=O) groups excluding carboxylic acids is 2. The zero-order chi connectivity index (χ0) is 23.3. The molecule has 0 saturated carbocycles. The molecule has 176 valence electrons. The predicted molar refractivity (Wildman–Crippen MR) is 128 cm³/mol. The molecule has 1 spiro atoms. The normalized spacial score (nSPS) is 22.8. The second-order valence-corrected chi connectivity index (χ2v) is 9.02. The quantitative estimate of drug-likeness (QED) is 0.701. The van der Waals surface area contributed by atoms with Gasteiger partial charge in [0.1, 0.15) is 17.9 Å². The standard InChI is InChI=1S/C26H34N4O3/c1-21(31)29-16-8-6-13-26(14-9-17-30(26)20-22-10-5-7-15-27-22)25(32)28(2)23-11-3-4-12-24(23)33-19-18-29/h3-5,7,10-12,15H,6,8-9,13-14,16-20H2,1-2H3/t26-/m1/s1. The summed E-state index contributed by atoms with van der Waals surface area (Å²) >= 11 is 0. The summed E-state index contributed by atoms with van der Waals surface area (Å²) in [6, 6.07) is 13.6. The van der Waals surface area contributed by atoms with Gasteiger partial charge in [-0.1, -0.05) is 18.2 Å². The maximum absolute atomic E-state index is 14.2. The molecule has 0 aliphatic carbocycles. The van der Waals surface area contributed by atoms with Crippen LogP contribution in [0, 0.1) is 0 Å². The van der Waals surface area contributed by atoms with Crippen LogP contribution in [-0.4, -0.2) is 65.4 Å². The van der Waals surface area contributed by atoms with E-state index >= 15 is 0 Å². The Kier molecular flexibility index (Phi) is 7.28. The second-order valence-electron chi connectivity index (χ2n) is 9.02. The minimum absolute atomic E-state index is 0.0577. The average molecular weight is 451 g/mol. The Bertz CT molecular complexity index is 967. The van der Waals surface area contributed by atoms with E-state index in [1.807, 2.05) is 54.4 Å². The molecule has 3 heterocycles. The molecule has 2 aromatic rings. The van der Waals surface area contributed by atoms with Crippen LogP contribution in [0.3, 0.4) is 0 Å². The van der Waals surface area contributed by atoms with Crippen LogP contribution in [0.25, 0.3) is 0 Å². The smallest absolute Gasteiger partial charge is 0.247 e. The summed E-state index contributed by atoms with van der Waals surface area (Å²) in [5, 5.41) is 0. The summed E-state index contributed by atoms with van der Waals surface area (Å²) in [4.78, 5) is 36.7. The fourth-order valence-electron chi connectivity index (χ4n) is 5.17. The molecule has 7 heteroatoms. The SMILES string of the molecule is CC(=O)N1CCCC[C@@]2(CCCN2Cc2ccccn2)C(=O)N(C)c2ccccc2OCC1. The molecule has 1 atom stereocenters. The molecule has 7 nitrogen and oxygen atoms in total. The van der Waals surface area contributed by atoms with Crippen molar-refractivity contribution >= 4 is 17.5 Å². The lowest BCUT2D eigenvalue weighted by Gasteiger charge is -2.40. The van der Waals surface area contributed by atoms with Crippen molar-refractivity contribution < 1.29 is 14.3 Å². The van der Waals surface area contributed by atoms with Crippen molar-refractivity contribution in [2.75, 3.05) is 38.2 Å². The molecule has 2 aliphatic heterocycles. The summed E-state index contributed by atoms with van der Waals surface area (Å²) in [5.74, 6) is 0.831. The lowest BCUT2D eigenvalue weighted by Crippen LogP contribution is -2.56. The Balaban J connectivity index is 1.68. The van der Waals surface area contributed by atoms with E-state index in [0.717, 1.165) is 50.0 Å². The largest absolute Gasteiger partial charge is 0.490 e. The Morgan fingerprint density at radius 3 is 2.61 bits per heavy atom. The molecule has 2 aliphatic rings. The average Bonchev–Trinajstić information content (AvgIpc) is 3.23. The van der Waals surface area contributed by atoms with E-state index in [9.17, 15) is 9.59 Å². The van der Waals surface area contributed by atoms with Crippen LogP contribution in [0.2, 0.25) is 0 Å². The number of amides is 2. The number of rotatable bonds is 2. The molecule has 1 aromatic heterocycles. The summed E-state index contributed by atoms with van der Waals surface area (Å²) in [6.07, 6.45) is 6.11. The first kappa shape index (κ1) is 23.2. The number of nitrogens with zero attached hydrogens (tertiary/aromatic N) is 4. The van der Waals surface area contributed by atoms with Gasteiger partial charge in [0.15, 0.2) is 0 Å². The maximum atomic E-state index is 14.2. The molecule has 33 heavy (non-hydrogen) atoms. The van der Waals surface area contributed by atoms with E-state index < -0.39 is 5.54 Å². The van der Waals surface area contributed by atoms with Gasteiger partial charge < -0.3 is 14.5 Å². The van der Waals surface area contributed by atoms with Crippen molar-refractivity contribution in [1.82, 2.24) is 14.8 Å². The van der Waals surface area contributed by atoms with Crippen molar-refractivity contribution in [1.29, 1.82) is 0 Å². The van der Waals surface area contributed by atoms with Gasteiger partial charge >= 0.3 is 0 Å². The first-order valence-corrected chi connectivity index (χ1v) is 11.9. The Morgan fingerprint density at radius 1 is 1.03 bits per heavy atom. The van der Waals surface area contributed by atoms with E-state index in [1.54, 1.807) is 18.0 Å². The lowest BCUT2D eigenvalue weighted by atomic mass is 9.87. The molecular weight excluding hydrogens is 416 g/mol. The summed E-state index contributed by atoms with van der Waals surface area (Å²) in [6.45, 7) is 4.75. The van der Waals surface area contributed by atoms with Gasteiger partial charge in [0.2, 0.25) is 11.8 Å². The number of ether oxygens (including phenoxy) is 1. The first-order chi connectivity index (χ1) is 16.0. The van der Waals surface area contributed by atoms with Crippen LogP contribution in [0.4, 0.5) is 5.69 Å². The number of benzene rings is 1. The third-order valence-corrected chi connectivity index (χ3v) is 6.96. The van der Waals surface area contributed by atoms with Crippen molar-refractivity contribution in [3.05, 3.63) is 54.4 Å². The summed E-state index contributed by atoms with van der Waals surface area (Å²) < 4.78 is 6.06. The van der Waals surface area contributed by atoms with E-state index in [4.69, 9.17) is 4.74 Å². The molecule has 0 unspecified atom stereocenters. The minimum Gasteiger partial charge on any atom is -0.490 e. The van der Waals surface area contributed by atoms with Crippen molar-refractivity contribution in [3.8, 4) is 5.75 Å². The van der Waals surface area contributed by atoms with Crippen LogP contribution in [0.1, 0.15) is 44.7 Å². The molecule has 2 amide bonds. The van der Waals surface area contributed by atoms with Gasteiger partial charge in [-0.2, -0.15) is 0 Å². The Labute approximate surface area is 196 Å². The van der Waals surface area contributed by atoms with Crippen molar-refractivity contribution in [2.24, 2.45) is 0 Å². The highest BCUT2D eigenvalue weighted by Crippen LogP contribution is 2.39. The minimum atomic E-state index is -0.589. The topological polar surface area (TPSA) is 66.0 Å². The molecular formula is C26H34N4O3. The van der Waals surface area contributed by atoms with Gasteiger partial charge in [-0.25, -0.2) is 0 Å². The van der Waals surface area contributed by atoms with E-state index in [0.29, 0.717) is 32.0 Å². The van der Waals surface area contributed by atoms with Crippen molar-refractivity contribution in [3.63, 3.8) is 0 Å². The van der Waals surface area contributed by atoms with Gasteiger partial charge in [-0.15, -0.1) is 0 Å². The first-order valence-electron chi connectivity index (χ1n) is 11.9. The molecule has 1 fully saturated rings. The highest BCUT2D eigenvalue weighted by molar-refractivity contribution is 6.01. The summed E-state index contributed by atoms with van der Waals surface area (Å²) in [5.41, 5.74) is 1.15.